The molecule has 0 fully saturated rings. The maximum Gasteiger partial charge on any atom is 0.258 e. The number of phenols is 2. The average molecular weight is 323 g/mol. The Labute approximate surface area is 129 Å². The Kier molecular flexibility index (Phi) is 3.45. The molecule has 3 rings (SSSR count). The van der Waals surface area contributed by atoms with Gasteiger partial charge in [0.1, 0.15) is 0 Å². The number of phenolic OH excluding ortho intramolecular Hbond substituents is 2. The molecule has 0 atom stereocenters. The first-order valence-corrected chi connectivity index (χ1v) is 6.61. The number of hydrogen-bond acceptors (Lipinski definition) is 5. The van der Waals surface area contributed by atoms with Crippen LogP contribution >= 0.6 is 23.2 Å². The van der Waals surface area contributed by atoms with Crippen molar-refractivity contribution in [2.24, 2.45) is 0 Å². The summed E-state index contributed by atoms with van der Waals surface area (Å²) in [6, 6.07) is 9.22. The highest BCUT2D eigenvalue weighted by atomic mass is 35.5. The Morgan fingerprint density at radius 1 is 0.857 bits per heavy atom. The van der Waals surface area contributed by atoms with Gasteiger partial charge in [-0.05, 0) is 36.4 Å². The molecule has 0 bridgehead atoms. The first-order chi connectivity index (χ1) is 10.0. The van der Waals surface area contributed by atoms with Crippen molar-refractivity contribution in [2.75, 3.05) is 0 Å². The van der Waals surface area contributed by atoms with Gasteiger partial charge in [-0.1, -0.05) is 28.4 Å². The second-order valence-corrected chi connectivity index (χ2v) is 5.07. The summed E-state index contributed by atoms with van der Waals surface area (Å²) in [5.74, 6) is 0.0762. The molecule has 0 unspecified atom stereocenters. The summed E-state index contributed by atoms with van der Waals surface area (Å²) < 4.78 is 5.14. The van der Waals surface area contributed by atoms with Gasteiger partial charge in [-0.2, -0.15) is 4.98 Å². The summed E-state index contributed by atoms with van der Waals surface area (Å²) in [5, 5.41) is 23.4. The van der Waals surface area contributed by atoms with Gasteiger partial charge in [-0.15, -0.1) is 0 Å². The zero-order valence-corrected chi connectivity index (χ0v) is 11.9. The standard InChI is InChI=1S/C14H8Cl2N2O3/c15-9-3-1-7(5-10(9)16)13-17-14(21-18-13)8-2-4-11(19)12(20)6-8/h1-6,19-20H. The minimum Gasteiger partial charge on any atom is -0.504 e. The first-order valence-electron chi connectivity index (χ1n) is 5.86. The van der Waals surface area contributed by atoms with Crippen molar-refractivity contribution in [2.45, 2.75) is 0 Å². The Bertz CT molecular complexity index is 752. The third-order valence-corrected chi connectivity index (χ3v) is 3.57. The third kappa shape index (κ3) is 2.66. The highest BCUT2D eigenvalue weighted by Crippen LogP contribution is 2.31. The van der Waals surface area contributed by atoms with Crippen LogP contribution in [0.15, 0.2) is 40.9 Å². The topological polar surface area (TPSA) is 79.4 Å². The summed E-state index contributed by atoms with van der Waals surface area (Å²) >= 11 is 11.8. The second-order valence-electron chi connectivity index (χ2n) is 4.26. The summed E-state index contributed by atoms with van der Waals surface area (Å²) in [5.41, 5.74) is 1.14. The molecule has 0 aliphatic heterocycles. The van der Waals surface area contributed by atoms with Crippen molar-refractivity contribution in [3.8, 4) is 34.3 Å². The van der Waals surface area contributed by atoms with E-state index in [0.29, 0.717) is 27.0 Å². The third-order valence-electron chi connectivity index (χ3n) is 2.83. The molecule has 0 aliphatic rings. The summed E-state index contributed by atoms with van der Waals surface area (Å²) in [6.45, 7) is 0. The lowest BCUT2D eigenvalue weighted by molar-refractivity contribution is 0.402. The van der Waals surface area contributed by atoms with E-state index in [9.17, 15) is 10.2 Å². The fourth-order valence-electron chi connectivity index (χ4n) is 1.75. The molecule has 5 nitrogen and oxygen atoms in total. The van der Waals surface area contributed by atoms with Gasteiger partial charge in [-0.25, -0.2) is 0 Å². The van der Waals surface area contributed by atoms with E-state index in [4.69, 9.17) is 27.7 Å². The van der Waals surface area contributed by atoms with Crippen LogP contribution in [0.4, 0.5) is 0 Å². The van der Waals surface area contributed by atoms with Crippen molar-refractivity contribution in [3.63, 3.8) is 0 Å². The van der Waals surface area contributed by atoms with E-state index in [2.05, 4.69) is 10.1 Å². The number of benzene rings is 2. The van der Waals surface area contributed by atoms with E-state index in [-0.39, 0.29) is 17.4 Å². The number of aromatic nitrogens is 2. The summed E-state index contributed by atoms with van der Waals surface area (Å²) in [4.78, 5) is 4.22. The zero-order chi connectivity index (χ0) is 15.0. The molecule has 0 amide bonds. The largest absolute Gasteiger partial charge is 0.504 e. The molecule has 3 aromatic rings. The van der Waals surface area contributed by atoms with Crippen molar-refractivity contribution in [3.05, 3.63) is 46.4 Å². The minimum absolute atomic E-state index is 0.214. The van der Waals surface area contributed by atoms with E-state index in [1.54, 1.807) is 24.3 Å². The van der Waals surface area contributed by atoms with Gasteiger partial charge >= 0.3 is 0 Å². The predicted octanol–water partition coefficient (Wildman–Crippen LogP) is 4.12. The SMILES string of the molecule is Oc1ccc(-c2nc(-c3ccc(Cl)c(Cl)c3)no2)cc1O. The monoisotopic (exact) mass is 322 g/mol. The fourth-order valence-corrected chi connectivity index (χ4v) is 2.05. The van der Waals surface area contributed by atoms with Gasteiger partial charge in [0.05, 0.1) is 10.0 Å². The Morgan fingerprint density at radius 3 is 2.33 bits per heavy atom. The van der Waals surface area contributed by atoms with E-state index in [0.717, 1.165) is 0 Å². The van der Waals surface area contributed by atoms with Crippen LogP contribution in [-0.2, 0) is 0 Å². The number of nitrogens with zero attached hydrogens (tertiary/aromatic N) is 2. The highest BCUT2D eigenvalue weighted by Gasteiger charge is 2.13. The smallest absolute Gasteiger partial charge is 0.258 e. The molecule has 21 heavy (non-hydrogen) atoms. The zero-order valence-electron chi connectivity index (χ0n) is 10.4. The molecule has 1 aromatic heterocycles. The quantitative estimate of drug-likeness (QED) is 0.694. The van der Waals surface area contributed by atoms with E-state index in [1.807, 2.05) is 0 Å². The minimum atomic E-state index is -0.262. The van der Waals surface area contributed by atoms with Crippen molar-refractivity contribution >= 4 is 23.2 Å². The van der Waals surface area contributed by atoms with E-state index < -0.39 is 0 Å². The predicted molar refractivity (Wildman–Crippen MR) is 78.5 cm³/mol. The van der Waals surface area contributed by atoms with E-state index >= 15 is 0 Å². The van der Waals surface area contributed by atoms with Crippen LogP contribution in [0.25, 0.3) is 22.8 Å². The highest BCUT2D eigenvalue weighted by molar-refractivity contribution is 6.42. The van der Waals surface area contributed by atoms with Crippen LogP contribution in [0.2, 0.25) is 10.0 Å². The van der Waals surface area contributed by atoms with Gasteiger partial charge in [0, 0.05) is 11.1 Å². The van der Waals surface area contributed by atoms with Crippen molar-refractivity contribution in [1.29, 1.82) is 0 Å². The lowest BCUT2D eigenvalue weighted by atomic mass is 10.2. The maximum absolute atomic E-state index is 9.48. The van der Waals surface area contributed by atoms with Gasteiger partial charge in [0.25, 0.3) is 5.89 Å². The molecule has 7 heteroatoms. The number of aromatic hydroxyl groups is 2. The number of hydrogen-bond donors (Lipinski definition) is 2. The molecule has 0 radical (unpaired) electrons. The van der Waals surface area contributed by atoms with Crippen LogP contribution in [0, 0.1) is 0 Å². The lowest BCUT2D eigenvalue weighted by Gasteiger charge is -1.98. The van der Waals surface area contributed by atoms with Gasteiger partial charge in [0.2, 0.25) is 5.82 Å². The summed E-state index contributed by atoms with van der Waals surface area (Å²) in [6.07, 6.45) is 0. The molecule has 0 saturated carbocycles. The van der Waals surface area contributed by atoms with Gasteiger partial charge in [0.15, 0.2) is 11.5 Å². The molecule has 2 N–H and O–H groups in total. The molecule has 106 valence electrons. The molecule has 0 saturated heterocycles. The molecule has 0 aliphatic carbocycles. The molecular weight excluding hydrogens is 315 g/mol. The lowest BCUT2D eigenvalue weighted by Crippen LogP contribution is -1.82. The maximum atomic E-state index is 9.48. The fraction of sp³-hybridized carbons (Fsp3) is 0. The Morgan fingerprint density at radius 2 is 1.62 bits per heavy atom. The molecule has 2 aromatic carbocycles. The van der Waals surface area contributed by atoms with Crippen LogP contribution in [0.3, 0.4) is 0 Å². The normalized spacial score (nSPS) is 10.8. The summed E-state index contributed by atoms with van der Waals surface area (Å²) in [7, 11) is 0. The second kappa shape index (κ2) is 5.27. The van der Waals surface area contributed by atoms with Crippen LogP contribution < -0.4 is 0 Å². The Hall–Kier alpha value is -2.24. The molecular formula is C14H8Cl2N2O3. The van der Waals surface area contributed by atoms with Gasteiger partial charge in [-0.3, -0.25) is 0 Å². The van der Waals surface area contributed by atoms with Crippen molar-refractivity contribution in [1.82, 2.24) is 10.1 Å². The van der Waals surface area contributed by atoms with Gasteiger partial charge < -0.3 is 14.7 Å². The molecule has 0 spiro atoms. The number of halogens is 2. The van der Waals surface area contributed by atoms with Crippen LogP contribution in [0.1, 0.15) is 0 Å². The first kappa shape index (κ1) is 13.7. The van der Waals surface area contributed by atoms with Crippen LogP contribution in [-0.4, -0.2) is 20.4 Å². The number of rotatable bonds is 2. The van der Waals surface area contributed by atoms with Crippen LogP contribution in [0.5, 0.6) is 11.5 Å². The Balaban J connectivity index is 1.99. The van der Waals surface area contributed by atoms with E-state index in [1.165, 1.54) is 12.1 Å². The average Bonchev–Trinajstić information content (AvgIpc) is 2.94. The molecule has 1 heterocycles. The van der Waals surface area contributed by atoms with Crippen molar-refractivity contribution < 1.29 is 14.7 Å².